The fourth-order valence-electron chi connectivity index (χ4n) is 6.34. The number of rotatable bonds is 11. The SMILES string of the molecule is O=S(=O)(NC[C@H]1CC[C@H](CNc2nc(NC3CCN(Cc4ccccc4)CC3)c3ccccc3n2)CC1)c1ccc(Br)cc1. The van der Waals surface area contributed by atoms with Crippen LogP contribution >= 0.6 is 15.9 Å². The average molecular weight is 678 g/mol. The van der Waals surface area contributed by atoms with Gasteiger partial charge in [-0.15, -0.1) is 0 Å². The molecule has 0 radical (unpaired) electrons. The molecule has 4 aromatic rings. The Morgan fingerprint density at radius 1 is 0.773 bits per heavy atom. The second-order valence-electron chi connectivity index (χ2n) is 12.2. The van der Waals surface area contributed by atoms with Crippen molar-refractivity contribution in [3.63, 3.8) is 0 Å². The van der Waals surface area contributed by atoms with Gasteiger partial charge in [0.2, 0.25) is 16.0 Å². The first kappa shape index (κ1) is 31.0. The van der Waals surface area contributed by atoms with E-state index in [0.717, 1.165) is 85.9 Å². The molecule has 0 unspecified atom stereocenters. The highest BCUT2D eigenvalue weighted by molar-refractivity contribution is 9.10. The Morgan fingerprint density at radius 2 is 1.43 bits per heavy atom. The maximum absolute atomic E-state index is 12.7. The number of halogens is 1. The van der Waals surface area contributed by atoms with Crippen molar-refractivity contribution in [2.75, 3.05) is 36.8 Å². The molecule has 0 amide bonds. The van der Waals surface area contributed by atoms with Crippen molar-refractivity contribution < 1.29 is 8.42 Å². The van der Waals surface area contributed by atoms with Crippen LogP contribution in [0.15, 0.2) is 88.2 Å². The van der Waals surface area contributed by atoms with Crippen LogP contribution in [0.4, 0.5) is 11.8 Å². The summed E-state index contributed by atoms with van der Waals surface area (Å²) in [6.45, 7) is 4.42. The zero-order valence-electron chi connectivity index (χ0n) is 25.0. The second-order valence-corrected chi connectivity index (χ2v) is 14.8. The Morgan fingerprint density at radius 3 is 2.16 bits per heavy atom. The molecule has 1 aromatic heterocycles. The average Bonchev–Trinajstić information content (AvgIpc) is 3.05. The lowest BCUT2D eigenvalue weighted by atomic mass is 9.82. The predicted molar refractivity (Wildman–Crippen MR) is 181 cm³/mol. The van der Waals surface area contributed by atoms with Crippen LogP contribution in [0.1, 0.15) is 44.1 Å². The summed E-state index contributed by atoms with van der Waals surface area (Å²) in [7, 11) is -3.49. The summed E-state index contributed by atoms with van der Waals surface area (Å²) in [6.07, 6.45) is 6.27. The summed E-state index contributed by atoms with van der Waals surface area (Å²) in [4.78, 5) is 12.6. The fraction of sp³-hybridized carbons (Fsp3) is 0.412. The summed E-state index contributed by atoms with van der Waals surface area (Å²) in [5, 5.41) is 8.34. The van der Waals surface area contributed by atoms with Gasteiger partial charge in [0.05, 0.1) is 10.4 Å². The zero-order chi connectivity index (χ0) is 30.4. The smallest absolute Gasteiger partial charge is 0.240 e. The van der Waals surface area contributed by atoms with Gasteiger partial charge in [0.1, 0.15) is 5.82 Å². The van der Waals surface area contributed by atoms with Gasteiger partial charge in [-0.2, -0.15) is 4.98 Å². The molecule has 1 aliphatic carbocycles. The number of para-hydroxylation sites is 1. The van der Waals surface area contributed by atoms with Crippen molar-refractivity contribution in [3.8, 4) is 0 Å². The molecule has 232 valence electrons. The third kappa shape index (κ3) is 8.15. The first-order valence-electron chi connectivity index (χ1n) is 15.7. The van der Waals surface area contributed by atoms with E-state index in [9.17, 15) is 8.42 Å². The summed E-state index contributed by atoms with van der Waals surface area (Å²) in [5.74, 6) is 2.43. The van der Waals surface area contributed by atoms with Gasteiger partial charge in [0, 0.05) is 48.6 Å². The lowest BCUT2D eigenvalue weighted by molar-refractivity contribution is 0.211. The highest BCUT2D eigenvalue weighted by Crippen LogP contribution is 2.30. The molecule has 6 rings (SSSR count). The van der Waals surface area contributed by atoms with Crippen LogP contribution in [0, 0.1) is 11.8 Å². The van der Waals surface area contributed by atoms with E-state index in [-0.39, 0.29) is 0 Å². The molecule has 10 heteroatoms. The number of nitrogens with one attached hydrogen (secondary N) is 3. The predicted octanol–water partition coefficient (Wildman–Crippen LogP) is 6.67. The maximum Gasteiger partial charge on any atom is 0.240 e. The molecule has 2 aliphatic rings. The summed E-state index contributed by atoms with van der Waals surface area (Å²) in [5.41, 5.74) is 2.31. The van der Waals surface area contributed by atoms with E-state index in [1.54, 1.807) is 24.3 Å². The van der Waals surface area contributed by atoms with Crippen molar-refractivity contribution in [2.24, 2.45) is 11.8 Å². The molecule has 0 spiro atoms. The van der Waals surface area contributed by atoms with Gasteiger partial charge < -0.3 is 10.6 Å². The minimum absolute atomic E-state index is 0.302. The Hall–Kier alpha value is -3.05. The highest BCUT2D eigenvalue weighted by Gasteiger charge is 2.24. The molecule has 3 aromatic carbocycles. The summed E-state index contributed by atoms with van der Waals surface area (Å²) >= 11 is 3.36. The first-order chi connectivity index (χ1) is 21.4. The Balaban J connectivity index is 0.995. The van der Waals surface area contributed by atoms with Crippen LogP contribution in [0.3, 0.4) is 0 Å². The van der Waals surface area contributed by atoms with Crippen LogP contribution in [0.5, 0.6) is 0 Å². The third-order valence-corrected chi connectivity index (χ3v) is 10.9. The number of likely N-dealkylation sites (tertiary alicyclic amines) is 1. The van der Waals surface area contributed by atoms with Crippen molar-refractivity contribution in [3.05, 3.63) is 88.9 Å². The third-order valence-electron chi connectivity index (χ3n) is 8.98. The summed E-state index contributed by atoms with van der Waals surface area (Å²) in [6, 6.07) is 26.1. The van der Waals surface area contributed by atoms with Gasteiger partial charge in [-0.25, -0.2) is 18.1 Å². The number of nitrogens with zero attached hydrogens (tertiary/aromatic N) is 3. The molecule has 3 N–H and O–H groups in total. The van der Waals surface area contributed by atoms with Gasteiger partial charge in [-0.1, -0.05) is 58.4 Å². The second kappa shape index (κ2) is 14.4. The normalized spacial score (nSPS) is 20.0. The number of fused-ring (bicyclic) bond motifs is 1. The number of piperidine rings is 1. The van der Waals surface area contributed by atoms with Crippen molar-refractivity contribution in [1.82, 2.24) is 19.6 Å². The van der Waals surface area contributed by atoms with Crippen LogP contribution in [-0.4, -0.2) is 55.5 Å². The number of anilines is 2. The number of aromatic nitrogens is 2. The van der Waals surface area contributed by atoms with Crippen LogP contribution < -0.4 is 15.4 Å². The molecule has 0 atom stereocenters. The number of benzene rings is 3. The molecule has 2 fully saturated rings. The number of hydrogen-bond acceptors (Lipinski definition) is 7. The van der Waals surface area contributed by atoms with E-state index in [1.807, 2.05) is 12.1 Å². The molecule has 8 nitrogen and oxygen atoms in total. The van der Waals surface area contributed by atoms with Crippen LogP contribution in [-0.2, 0) is 16.6 Å². The zero-order valence-corrected chi connectivity index (χ0v) is 27.4. The lowest BCUT2D eigenvalue weighted by Crippen LogP contribution is -2.38. The van der Waals surface area contributed by atoms with E-state index in [4.69, 9.17) is 9.97 Å². The number of hydrogen-bond donors (Lipinski definition) is 3. The lowest BCUT2D eigenvalue weighted by Gasteiger charge is -2.33. The van der Waals surface area contributed by atoms with Gasteiger partial charge in [0.15, 0.2) is 0 Å². The molecule has 1 saturated heterocycles. The fourth-order valence-corrected chi connectivity index (χ4v) is 7.72. The monoisotopic (exact) mass is 676 g/mol. The first-order valence-corrected chi connectivity index (χ1v) is 18.0. The van der Waals surface area contributed by atoms with Crippen molar-refractivity contribution >= 4 is 48.6 Å². The molecule has 44 heavy (non-hydrogen) atoms. The molecule has 2 heterocycles. The van der Waals surface area contributed by atoms with E-state index in [0.29, 0.717) is 35.3 Å². The van der Waals surface area contributed by atoms with Gasteiger partial charge >= 0.3 is 0 Å². The topological polar surface area (TPSA) is 99.2 Å². The van der Waals surface area contributed by atoms with Crippen molar-refractivity contribution in [2.45, 2.75) is 56.0 Å². The Labute approximate surface area is 269 Å². The van der Waals surface area contributed by atoms with E-state index in [2.05, 4.69) is 78.7 Å². The number of sulfonamides is 1. The van der Waals surface area contributed by atoms with Crippen LogP contribution in [0.2, 0.25) is 0 Å². The minimum atomic E-state index is -3.49. The van der Waals surface area contributed by atoms with Crippen LogP contribution in [0.25, 0.3) is 10.9 Å². The van der Waals surface area contributed by atoms with E-state index in [1.165, 1.54) is 5.56 Å². The minimum Gasteiger partial charge on any atom is -0.367 e. The molecule has 0 bridgehead atoms. The highest BCUT2D eigenvalue weighted by atomic mass is 79.9. The van der Waals surface area contributed by atoms with Gasteiger partial charge in [-0.3, -0.25) is 4.90 Å². The largest absolute Gasteiger partial charge is 0.367 e. The maximum atomic E-state index is 12.7. The quantitative estimate of drug-likeness (QED) is 0.163. The van der Waals surface area contributed by atoms with E-state index < -0.39 is 10.0 Å². The van der Waals surface area contributed by atoms with Gasteiger partial charge in [0.25, 0.3) is 0 Å². The molecule has 1 saturated carbocycles. The van der Waals surface area contributed by atoms with E-state index >= 15 is 0 Å². The Kier molecular flexibility index (Phi) is 10.1. The van der Waals surface area contributed by atoms with Gasteiger partial charge in [-0.05, 0) is 92.3 Å². The molecular formula is C34H41BrN6O2S. The molecule has 1 aliphatic heterocycles. The van der Waals surface area contributed by atoms with Crippen molar-refractivity contribution in [1.29, 1.82) is 0 Å². The standard InChI is InChI=1S/C34H41BrN6O2S/c35-28-14-16-30(17-15-28)44(42,43)37-23-26-12-10-25(11-13-26)22-36-34-39-32-9-5-4-8-31(32)33(40-34)38-29-18-20-41(21-19-29)24-27-6-2-1-3-7-27/h1-9,14-17,25-26,29,37H,10-13,18-24H2,(H2,36,38,39,40)/t25-,26-. The molecular weight excluding hydrogens is 636 g/mol. The summed E-state index contributed by atoms with van der Waals surface area (Å²) < 4.78 is 29.0. The Bertz CT molecular complexity index is 1620.